The number of urea groups is 1. The Kier molecular flexibility index (Phi) is 3.61. The zero-order valence-electron chi connectivity index (χ0n) is 12.4. The number of carbonyl (C=O) groups is 1. The van der Waals surface area contributed by atoms with Gasteiger partial charge in [-0.1, -0.05) is 6.42 Å². The van der Waals surface area contributed by atoms with E-state index in [4.69, 9.17) is 0 Å². The molecule has 4 nitrogen and oxygen atoms in total. The van der Waals surface area contributed by atoms with Crippen molar-refractivity contribution < 1.29 is 4.79 Å². The summed E-state index contributed by atoms with van der Waals surface area (Å²) in [5, 5.41) is 6.44. The van der Waals surface area contributed by atoms with Gasteiger partial charge in [-0.05, 0) is 44.4 Å². The number of hydrogen-bond donors (Lipinski definition) is 1. The van der Waals surface area contributed by atoms with Gasteiger partial charge in [-0.15, -0.1) is 11.3 Å². The summed E-state index contributed by atoms with van der Waals surface area (Å²) >= 11 is 1.75. The van der Waals surface area contributed by atoms with Gasteiger partial charge in [0.2, 0.25) is 0 Å². The van der Waals surface area contributed by atoms with Crippen LogP contribution < -0.4 is 5.32 Å². The van der Waals surface area contributed by atoms with Crippen LogP contribution in [0.5, 0.6) is 0 Å². The number of nitrogens with one attached hydrogen (secondary N) is 1. The van der Waals surface area contributed by atoms with Crippen molar-refractivity contribution >= 4 is 17.4 Å². The zero-order valence-corrected chi connectivity index (χ0v) is 13.2. The van der Waals surface area contributed by atoms with Crippen LogP contribution in [-0.2, 0) is 6.54 Å². The molecule has 1 aromatic rings. The first kappa shape index (κ1) is 13.6. The van der Waals surface area contributed by atoms with E-state index < -0.39 is 0 Å². The average Bonchev–Trinajstić information content (AvgIpc) is 3.06. The van der Waals surface area contributed by atoms with E-state index in [9.17, 15) is 4.79 Å². The molecular formula is C16H23N3OS. The molecule has 0 spiro atoms. The SMILES string of the molecule is O=C(NCc1csc(C2CC2)n1)N1CCC[C@@H]2CCC[C@H]21. The molecule has 1 aliphatic heterocycles. The van der Waals surface area contributed by atoms with Crippen LogP contribution in [0.2, 0.25) is 0 Å². The lowest BCUT2D eigenvalue weighted by Gasteiger charge is -2.37. The van der Waals surface area contributed by atoms with Crippen molar-refractivity contribution in [1.29, 1.82) is 0 Å². The molecule has 0 bridgehead atoms. The van der Waals surface area contributed by atoms with Gasteiger partial charge in [0.15, 0.2) is 0 Å². The second-order valence-electron chi connectivity index (χ2n) is 6.70. The molecule has 5 heteroatoms. The molecule has 0 aromatic carbocycles. The minimum Gasteiger partial charge on any atom is -0.332 e. The van der Waals surface area contributed by atoms with Crippen LogP contribution in [0.4, 0.5) is 4.79 Å². The monoisotopic (exact) mass is 305 g/mol. The van der Waals surface area contributed by atoms with Gasteiger partial charge in [0.05, 0.1) is 17.2 Å². The third kappa shape index (κ3) is 2.80. The van der Waals surface area contributed by atoms with Crippen LogP contribution in [0.1, 0.15) is 61.6 Å². The van der Waals surface area contributed by atoms with Crippen LogP contribution in [0.15, 0.2) is 5.38 Å². The van der Waals surface area contributed by atoms with E-state index in [1.807, 2.05) is 0 Å². The van der Waals surface area contributed by atoms with Gasteiger partial charge in [-0.2, -0.15) is 0 Å². The third-order valence-electron chi connectivity index (χ3n) is 5.17. The van der Waals surface area contributed by atoms with Crippen LogP contribution in [-0.4, -0.2) is 28.5 Å². The minimum absolute atomic E-state index is 0.118. The number of nitrogens with zero attached hydrogens (tertiary/aromatic N) is 2. The van der Waals surface area contributed by atoms with Crippen LogP contribution in [0.3, 0.4) is 0 Å². The maximum atomic E-state index is 12.5. The van der Waals surface area contributed by atoms with E-state index in [0.29, 0.717) is 18.5 Å². The summed E-state index contributed by atoms with van der Waals surface area (Å²) in [6, 6.07) is 0.615. The van der Waals surface area contributed by atoms with Gasteiger partial charge < -0.3 is 10.2 Å². The van der Waals surface area contributed by atoms with Gasteiger partial charge in [0, 0.05) is 23.9 Å². The molecule has 1 N–H and O–H groups in total. The summed E-state index contributed by atoms with van der Waals surface area (Å²) < 4.78 is 0. The van der Waals surface area contributed by atoms with Gasteiger partial charge >= 0.3 is 6.03 Å². The Balaban J connectivity index is 1.34. The van der Waals surface area contributed by atoms with E-state index in [-0.39, 0.29) is 6.03 Å². The molecule has 1 saturated heterocycles. The Bertz CT molecular complexity index is 525. The molecule has 0 unspecified atom stereocenters. The fourth-order valence-electron chi connectivity index (χ4n) is 3.90. The van der Waals surface area contributed by atoms with E-state index >= 15 is 0 Å². The standard InChI is InChI=1S/C16H23N3OS/c20-16(19-8-2-4-11-3-1-5-14(11)19)17-9-13-10-21-15(18-13)12-6-7-12/h10-12,14H,1-9H2,(H,17,20)/t11-,14+/m0/s1. The Hall–Kier alpha value is -1.10. The number of hydrogen-bond acceptors (Lipinski definition) is 3. The van der Waals surface area contributed by atoms with Crippen molar-refractivity contribution in [3.63, 3.8) is 0 Å². The highest BCUT2D eigenvalue weighted by atomic mass is 32.1. The van der Waals surface area contributed by atoms with E-state index in [1.165, 1.54) is 43.5 Å². The van der Waals surface area contributed by atoms with Gasteiger partial charge in [-0.25, -0.2) is 9.78 Å². The lowest BCUT2D eigenvalue weighted by Crippen LogP contribution is -2.50. The summed E-state index contributed by atoms with van der Waals surface area (Å²) in [5.74, 6) is 1.46. The van der Waals surface area contributed by atoms with Crippen molar-refractivity contribution in [2.24, 2.45) is 5.92 Å². The highest BCUT2D eigenvalue weighted by molar-refractivity contribution is 7.09. The topological polar surface area (TPSA) is 45.2 Å². The van der Waals surface area contributed by atoms with Gasteiger partial charge in [0.1, 0.15) is 0 Å². The van der Waals surface area contributed by atoms with Crippen LogP contribution in [0, 0.1) is 5.92 Å². The highest BCUT2D eigenvalue weighted by Crippen LogP contribution is 2.41. The summed E-state index contributed by atoms with van der Waals surface area (Å²) in [6.07, 6.45) is 8.84. The number of carbonyl (C=O) groups excluding carboxylic acids is 1. The molecule has 4 rings (SSSR count). The number of rotatable bonds is 3. The van der Waals surface area contributed by atoms with Crippen molar-refractivity contribution in [2.75, 3.05) is 6.54 Å². The first-order valence-corrected chi connectivity index (χ1v) is 9.18. The van der Waals surface area contributed by atoms with Crippen LogP contribution >= 0.6 is 11.3 Å². The van der Waals surface area contributed by atoms with E-state index in [0.717, 1.165) is 24.6 Å². The number of amides is 2. The predicted octanol–water partition coefficient (Wildman–Crippen LogP) is 3.49. The molecule has 1 aromatic heterocycles. The second-order valence-corrected chi connectivity index (χ2v) is 7.59. The van der Waals surface area contributed by atoms with Gasteiger partial charge in [0.25, 0.3) is 0 Å². The molecule has 2 heterocycles. The minimum atomic E-state index is 0.118. The molecule has 21 heavy (non-hydrogen) atoms. The van der Waals surface area contributed by atoms with Crippen molar-refractivity contribution in [3.8, 4) is 0 Å². The molecular weight excluding hydrogens is 282 g/mol. The number of thiazole rings is 1. The second kappa shape index (κ2) is 5.59. The molecule has 2 saturated carbocycles. The molecule has 2 aliphatic carbocycles. The third-order valence-corrected chi connectivity index (χ3v) is 6.23. The van der Waals surface area contributed by atoms with E-state index in [2.05, 4.69) is 20.6 Å². The quantitative estimate of drug-likeness (QED) is 0.929. The number of piperidine rings is 1. The van der Waals surface area contributed by atoms with Crippen LogP contribution in [0.25, 0.3) is 0 Å². The normalized spacial score (nSPS) is 28.5. The summed E-state index contributed by atoms with van der Waals surface area (Å²) in [7, 11) is 0. The average molecular weight is 305 g/mol. The number of fused-ring (bicyclic) bond motifs is 1. The van der Waals surface area contributed by atoms with Gasteiger partial charge in [-0.3, -0.25) is 0 Å². The fourth-order valence-corrected chi connectivity index (χ4v) is 4.89. The van der Waals surface area contributed by atoms with Crippen molar-refractivity contribution in [3.05, 3.63) is 16.1 Å². The molecule has 2 atom stereocenters. The Morgan fingerprint density at radius 1 is 1.29 bits per heavy atom. The Morgan fingerprint density at radius 2 is 2.14 bits per heavy atom. The summed E-state index contributed by atoms with van der Waals surface area (Å²) in [5.41, 5.74) is 1.02. The molecule has 0 radical (unpaired) electrons. The summed E-state index contributed by atoms with van der Waals surface area (Å²) in [6.45, 7) is 1.51. The Labute approximate surface area is 129 Å². The lowest BCUT2D eigenvalue weighted by molar-refractivity contribution is 0.128. The lowest BCUT2D eigenvalue weighted by atomic mass is 9.92. The maximum absolute atomic E-state index is 12.5. The molecule has 3 aliphatic rings. The summed E-state index contributed by atoms with van der Waals surface area (Å²) in [4.78, 5) is 19.2. The van der Waals surface area contributed by atoms with Crippen molar-refractivity contribution in [2.45, 2.75) is 63.5 Å². The van der Waals surface area contributed by atoms with E-state index in [1.54, 1.807) is 11.3 Å². The fraction of sp³-hybridized carbons (Fsp3) is 0.750. The maximum Gasteiger partial charge on any atom is 0.317 e. The largest absolute Gasteiger partial charge is 0.332 e. The molecule has 3 fully saturated rings. The first-order chi connectivity index (χ1) is 10.3. The number of likely N-dealkylation sites (tertiary alicyclic amines) is 1. The zero-order chi connectivity index (χ0) is 14.2. The first-order valence-electron chi connectivity index (χ1n) is 8.30. The Morgan fingerprint density at radius 3 is 3.00 bits per heavy atom. The molecule has 114 valence electrons. The highest BCUT2D eigenvalue weighted by Gasteiger charge is 2.37. The van der Waals surface area contributed by atoms with Crippen molar-refractivity contribution in [1.82, 2.24) is 15.2 Å². The molecule has 2 amide bonds. The number of aromatic nitrogens is 1. The predicted molar refractivity (Wildman–Crippen MR) is 83.4 cm³/mol. The smallest absolute Gasteiger partial charge is 0.317 e.